The van der Waals surface area contributed by atoms with Gasteiger partial charge in [-0.15, -0.1) is 0 Å². The van der Waals surface area contributed by atoms with Gasteiger partial charge < -0.3 is 14.7 Å². The second kappa shape index (κ2) is 7.64. The van der Waals surface area contributed by atoms with Gasteiger partial charge in [0, 0.05) is 32.7 Å². The van der Waals surface area contributed by atoms with Crippen molar-refractivity contribution in [2.24, 2.45) is 0 Å². The van der Waals surface area contributed by atoms with Crippen LogP contribution in [0.4, 0.5) is 5.69 Å². The summed E-state index contributed by atoms with van der Waals surface area (Å²) in [6, 6.07) is 7.95. The summed E-state index contributed by atoms with van der Waals surface area (Å²) >= 11 is 6.25. The molecule has 1 aromatic carbocycles. The standard InChI is InChI=1S/C17H27ClN2O2/c1-17(2,3)22-13-14(21)12-19-8-10-20(11-9-19)16-7-5-4-6-15(16)18/h4-7,14,21H,8-13H2,1-3H3. The summed E-state index contributed by atoms with van der Waals surface area (Å²) in [5.41, 5.74) is 0.893. The Morgan fingerprint density at radius 3 is 2.41 bits per heavy atom. The predicted octanol–water partition coefficient (Wildman–Crippen LogP) is 2.64. The molecule has 1 atom stereocenters. The van der Waals surface area contributed by atoms with E-state index in [1.807, 2.05) is 39.0 Å². The highest BCUT2D eigenvalue weighted by molar-refractivity contribution is 6.33. The van der Waals surface area contributed by atoms with Crippen LogP contribution < -0.4 is 4.90 Å². The number of β-amino-alcohol motifs (C(OH)–C–C–N with tert-alkyl or cyclic N) is 1. The molecule has 0 aromatic heterocycles. The molecule has 4 nitrogen and oxygen atoms in total. The molecule has 0 bridgehead atoms. The third-order valence-corrected chi connectivity index (χ3v) is 4.06. The lowest BCUT2D eigenvalue weighted by atomic mass is 10.2. The number of aliphatic hydroxyl groups is 1. The van der Waals surface area contributed by atoms with Gasteiger partial charge in [0.05, 0.1) is 29.0 Å². The summed E-state index contributed by atoms with van der Waals surface area (Å²) in [6.45, 7) is 10.8. The fraction of sp³-hybridized carbons (Fsp3) is 0.647. The molecule has 1 aromatic rings. The number of piperazine rings is 1. The van der Waals surface area contributed by atoms with Crippen LogP contribution in [0.1, 0.15) is 20.8 Å². The maximum atomic E-state index is 10.1. The molecule has 0 amide bonds. The van der Waals surface area contributed by atoms with E-state index in [-0.39, 0.29) is 5.60 Å². The van der Waals surface area contributed by atoms with Gasteiger partial charge in [0.15, 0.2) is 0 Å². The van der Waals surface area contributed by atoms with Crippen molar-refractivity contribution in [1.82, 2.24) is 4.90 Å². The third kappa shape index (κ3) is 5.43. The molecule has 1 heterocycles. The maximum absolute atomic E-state index is 10.1. The Hall–Kier alpha value is -0.810. The lowest BCUT2D eigenvalue weighted by Gasteiger charge is -2.37. The summed E-state index contributed by atoms with van der Waals surface area (Å²) < 4.78 is 5.63. The average molecular weight is 327 g/mol. The van der Waals surface area contributed by atoms with Gasteiger partial charge in [-0.05, 0) is 32.9 Å². The van der Waals surface area contributed by atoms with Gasteiger partial charge >= 0.3 is 0 Å². The zero-order valence-corrected chi connectivity index (χ0v) is 14.5. The van der Waals surface area contributed by atoms with Crippen molar-refractivity contribution in [1.29, 1.82) is 0 Å². The number of rotatable bonds is 5. The van der Waals surface area contributed by atoms with Crippen molar-refractivity contribution in [2.45, 2.75) is 32.5 Å². The van der Waals surface area contributed by atoms with Crippen molar-refractivity contribution >= 4 is 17.3 Å². The molecule has 5 heteroatoms. The van der Waals surface area contributed by atoms with Gasteiger partial charge in [0.25, 0.3) is 0 Å². The number of halogens is 1. The second-order valence-electron chi connectivity index (χ2n) is 6.82. The van der Waals surface area contributed by atoms with Crippen LogP contribution in [0.5, 0.6) is 0 Å². The van der Waals surface area contributed by atoms with E-state index >= 15 is 0 Å². The Labute approximate surface area is 138 Å². The van der Waals surface area contributed by atoms with E-state index in [0.717, 1.165) is 36.9 Å². The number of hydrogen-bond donors (Lipinski definition) is 1. The third-order valence-electron chi connectivity index (χ3n) is 3.74. The summed E-state index contributed by atoms with van der Waals surface area (Å²) in [4.78, 5) is 4.58. The molecule has 1 unspecified atom stereocenters. The van der Waals surface area contributed by atoms with Crippen LogP contribution in [0.3, 0.4) is 0 Å². The van der Waals surface area contributed by atoms with Crippen LogP contribution >= 0.6 is 11.6 Å². The zero-order chi connectivity index (χ0) is 16.2. The Morgan fingerprint density at radius 2 is 1.82 bits per heavy atom. The highest BCUT2D eigenvalue weighted by Gasteiger charge is 2.21. The fourth-order valence-corrected chi connectivity index (χ4v) is 2.83. The van der Waals surface area contributed by atoms with Crippen LogP contribution in [0.25, 0.3) is 0 Å². The Balaban J connectivity index is 1.77. The van der Waals surface area contributed by atoms with Crippen molar-refractivity contribution in [3.05, 3.63) is 29.3 Å². The number of aliphatic hydroxyl groups excluding tert-OH is 1. The van der Waals surface area contributed by atoms with E-state index in [0.29, 0.717) is 13.2 Å². The number of anilines is 1. The van der Waals surface area contributed by atoms with Crippen molar-refractivity contribution in [2.75, 3.05) is 44.2 Å². The monoisotopic (exact) mass is 326 g/mol. The summed E-state index contributed by atoms with van der Waals surface area (Å²) in [6.07, 6.45) is -0.439. The van der Waals surface area contributed by atoms with Crippen LogP contribution in [0.15, 0.2) is 24.3 Å². The van der Waals surface area contributed by atoms with E-state index in [1.165, 1.54) is 0 Å². The average Bonchev–Trinajstić information content (AvgIpc) is 2.46. The smallest absolute Gasteiger partial charge is 0.0900 e. The van der Waals surface area contributed by atoms with Gasteiger partial charge in [0.2, 0.25) is 0 Å². The first-order chi connectivity index (χ1) is 10.3. The zero-order valence-electron chi connectivity index (χ0n) is 13.8. The highest BCUT2D eigenvalue weighted by atomic mass is 35.5. The Bertz CT molecular complexity index is 468. The lowest BCUT2D eigenvalue weighted by Crippen LogP contribution is -2.49. The largest absolute Gasteiger partial charge is 0.389 e. The molecular weight excluding hydrogens is 300 g/mol. The van der Waals surface area contributed by atoms with Gasteiger partial charge in [-0.3, -0.25) is 4.90 Å². The van der Waals surface area contributed by atoms with E-state index in [1.54, 1.807) is 0 Å². The molecule has 2 rings (SSSR count). The molecule has 1 aliphatic rings. The molecule has 0 aliphatic carbocycles. The molecule has 1 N–H and O–H groups in total. The van der Waals surface area contributed by atoms with Crippen molar-refractivity contribution in [3.8, 4) is 0 Å². The lowest BCUT2D eigenvalue weighted by molar-refractivity contribution is -0.0563. The summed E-state index contributed by atoms with van der Waals surface area (Å²) in [5.74, 6) is 0. The first-order valence-corrected chi connectivity index (χ1v) is 8.27. The van der Waals surface area contributed by atoms with Gasteiger partial charge in [0.1, 0.15) is 0 Å². The molecule has 0 radical (unpaired) electrons. The van der Waals surface area contributed by atoms with Crippen molar-refractivity contribution in [3.63, 3.8) is 0 Å². The number of hydrogen-bond acceptors (Lipinski definition) is 4. The molecule has 0 spiro atoms. The molecule has 124 valence electrons. The van der Waals surface area contributed by atoms with Crippen LogP contribution in [0.2, 0.25) is 5.02 Å². The van der Waals surface area contributed by atoms with Gasteiger partial charge in [-0.25, -0.2) is 0 Å². The Morgan fingerprint density at radius 1 is 1.18 bits per heavy atom. The van der Waals surface area contributed by atoms with Crippen LogP contribution in [-0.2, 0) is 4.74 Å². The van der Waals surface area contributed by atoms with E-state index in [4.69, 9.17) is 16.3 Å². The summed E-state index contributed by atoms with van der Waals surface area (Å²) in [7, 11) is 0. The predicted molar refractivity (Wildman–Crippen MR) is 91.8 cm³/mol. The van der Waals surface area contributed by atoms with Crippen LogP contribution in [0, 0.1) is 0 Å². The second-order valence-corrected chi connectivity index (χ2v) is 7.22. The number of para-hydroxylation sites is 1. The topological polar surface area (TPSA) is 35.9 Å². The van der Waals surface area contributed by atoms with Gasteiger partial charge in [-0.2, -0.15) is 0 Å². The molecule has 1 saturated heterocycles. The molecule has 0 saturated carbocycles. The van der Waals surface area contributed by atoms with Crippen molar-refractivity contribution < 1.29 is 9.84 Å². The first-order valence-electron chi connectivity index (χ1n) is 7.89. The van der Waals surface area contributed by atoms with E-state index in [2.05, 4.69) is 15.9 Å². The maximum Gasteiger partial charge on any atom is 0.0900 e. The Kier molecular flexibility index (Phi) is 6.09. The molecular formula is C17H27ClN2O2. The quantitative estimate of drug-likeness (QED) is 0.902. The molecule has 1 fully saturated rings. The number of ether oxygens (including phenoxy) is 1. The van der Waals surface area contributed by atoms with Crippen LogP contribution in [-0.4, -0.2) is 61.0 Å². The highest BCUT2D eigenvalue weighted by Crippen LogP contribution is 2.26. The number of nitrogens with zero attached hydrogens (tertiary/aromatic N) is 2. The SMILES string of the molecule is CC(C)(C)OCC(O)CN1CCN(c2ccccc2Cl)CC1. The normalized spacial score (nSPS) is 18.5. The first kappa shape index (κ1) is 17.5. The minimum Gasteiger partial charge on any atom is -0.389 e. The fourth-order valence-electron chi connectivity index (χ4n) is 2.58. The minimum atomic E-state index is -0.439. The van der Waals surface area contributed by atoms with E-state index in [9.17, 15) is 5.11 Å². The summed E-state index contributed by atoms with van der Waals surface area (Å²) in [5, 5.41) is 10.9. The van der Waals surface area contributed by atoms with Gasteiger partial charge in [-0.1, -0.05) is 23.7 Å². The minimum absolute atomic E-state index is 0.205. The molecule has 22 heavy (non-hydrogen) atoms. The number of benzene rings is 1. The molecule has 1 aliphatic heterocycles. The van der Waals surface area contributed by atoms with E-state index < -0.39 is 6.10 Å².